The molecule has 0 aliphatic carbocycles. The van der Waals surface area contributed by atoms with E-state index >= 15 is 0 Å². The standard InChI is InChI=1S/C18H21N3O5S/c1-12-4-6-15(13(2)10-12)18(22)20-9-8-19-16-7-5-14(27(3,25)26)11-17(16)21(23)24/h4-7,10-11,19H,8-9H2,1-3H3,(H,20,22). The van der Waals surface area contributed by atoms with Gasteiger partial charge in [-0.2, -0.15) is 0 Å². The predicted molar refractivity (Wildman–Crippen MR) is 103 cm³/mol. The first-order valence-electron chi connectivity index (χ1n) is 8.17. The maximum atomic E-state index is 12.2. The monoisotopic (exact) mass is 391 g/mol. The average Bonchev–Trinajstić information content (AvgIpc) is 2.57. The third-order valence-electron chi connectivity index (χ3n) is 3.95. The first-order valence-corrected chi connectivity index (χ1v) is 10.1. The Morgan fingerprint density at radius 2 is 1.81 bits per heavy atom. The van der Waals surface area contributed by atoms with Crippen molar-refractivity contribution in [3.8, 4) is 0 Å². The van der Waals surface area contributed by atoms with Crippen LogP contribution < -0.4 is 10.6 Å². The van der Waals surface area contributed by atoms with E-state index in [-0.39, 0.29) is 35.3 Å². The summed E-state index contributed by atoms with van der Waals surface area (Å²) >= 11 is 0. The van der Waals surface area contributed by atoms with Crippen molar-refractivity contribution in [1.29, 1.82) is 0 Å². The van der Waals surface area contributed by atoms with E-state index in [1.54, 1.807) is 6.07 Å². The first-order chi connectivity index (χ1) is 12.6. The number of sulfone groups is 1. The van der Waals surface area contributed by atoms with E-state index in [4.69, 9.17) is 0 Å². The van der Waals surface area contributed by atoms with Gasteiger partial charge < -0.3 is 10.6 Å². The number of carbonyl (C=O) groups is 1. The Kier molecular flexibility index (Phi) is 6.17. The number of nitro groups is 1. The molecule has 0 aliphatic heterocycles. The minimum atomic E-state index is -3.54. The zero-order valence-electron chi connectivity index (χ0n) is 15.3. The average molecular weight is 391 g/mol. The van der Waals surface area contributed by atoms with Crippen LogP contribution >= 0.6 is 0 Å². The van der Waals surface area contributed by atoms with E-state index in [0.717, 1.165) is 23.4 Å². The zero-order valence-corrected chi connectivity index (χ0v) is 16.1. The Hall–Kier alpha value is -2.94. The van der Waals surface area contributed by atoms with Gasteiger partial charge in [-0.25, -0.2) is 8.42 Å². The molecule has 0 aromatic heterocycles. The van der Waals surface area contributed by atoms with Crippen LogP contribution in [-0.4, -0.2) is 38.6 Å². The number of benzene rings is 2. The van der Waals surface area contributed by atoms with Crippen LogP contribution in [0.4, 0.5) is 11.4 Å². The number of amides is 1. The molecule has 0 bridgehead atoms. The van der Waals surface area contributed by atoms with Gasteiger partial charge in [-0.15, -0.1) is 0 Å². The van der Waals surface area contributed by atoms with Crippen LogP contribution in [-0.2, 0) is 9.84 Å². The van der Waals surface area contributed by atoms with E-state index in [1.807, 2.05) is 26.0 Å². The van der Waals surface area contributed by atoms with Gasteiger partial charge in [0.25, 0.3) is 11.6 Å². The number of nitrogens with zero attached hydrogens (tertiary/aromatic N) is 1. The molecule has 9 heteroatoms. The maximum absolute atomic E-state index is 12.2. The summed E-state index contributed by atoms with van der Waals surface area (Å²) in [6.07, 6.45) is 0.988. The van der Waals surface area contributed by atoms with Gasteiger partial charge in [-0.05, 0) is 37.6 Å². The largest absolute Gasteiger partial charge is 0.378 e. The van der Waals surface area contributed by atoms with Gasteiger partial charge >= 0.3 is 0 Å². The second-order valence-electron chi connectivity index (χ2n) is 6.21. The normalized spacial score (nSPS) is 11.1. The molecule has 0 atom stereocenters. The fraction of sp³-hybridized carbons (Fsp3) is 0.278. The van der Waals surface area contributed by atoms with Crippen LogP contribution in [0.2, 0.25) is 0 Å². The quantitative estimate of drug-likeness (QED) is 0.425. The predicted octanol–water partition coefficient (Wildman–Crippen LogP) is 2.46. The van der Waals surface area contributed by atoms with E-state index in [0.29, 0.717) is 5.56 Å². The molecule has 0 unspecified atom stereocenters. The van der Waals surface area contributed by atoms with Gasteiger partial charge in [0.2, 0.25) is 0 Å². The van der Waals surface area contributed by atoms with Crippen LogP contribution in [0.25, 0.3) is 0 Å². The summed E-state index contributed by atoms with van der Waals surface area (Å²) in [5.41, 5.74) is 2.36. The summed E-state index contributed by atoms with van der Waals surface area (Å²) in [5, 5.41) is 16.8. The number of aryl methyl sites for hydroxylation is 2. The van der Waals surface area contributed by atoms with Gasteiger partial charge in [-0.3, -0.25) is 14.9 Å². The molecule has 0 fully saturated rings. The smallest absolute Gasteiger partial charge is 0.293 e. The van der Waals surface area contributed by atoms with Crippen molar-refractivity contribution >= 4 is 27.1 Å². The molecular formula is C18H21N3O5S. The topological polar surface area (TPSA) is 118 Å². The lowest BCUT2D eigenvalue weighted by Gasteiger charge is -2.11. The molecule has 2 N–H and O–H groups in total. The Bertz CT molecular complexity index is 986. The molecule has 2 rings (SSSR count). The number of rotatable bonds is 7. The van der Waals surface area contributed by atoms with Crippen molar-refractivity contribution < 1.29 is 18.1 Å². The van der Waals surface area contributed by atoms with Crippen molar-refractivity contribution in [2.45, 2.75) is 18.7 Å². The zero-order chi connectivity index (χ0) is 20.2. The summed E-state index contributed by atoms with van der Waals surface area (Å²) in [7, 11) is -3.54. The van der Waals surface area contributed by atoms with Gasteiger partial charge in [0.1, 0.15) is 5.69 Å². The Balaban J connectivity index is 2.00. The molecule has 144 valence electrons. The van der Waals surface area contributed by atoms with Crippen molar-refractivity contribution in [2.24, 2.45) is 0 Å². The van der Waals surface area contributed by atoms with Gasteiger partial charge in [0.05, 0.1) is 9.82 Å². The summed E-state index contributed by atoms with van der Waals surface area (Å²) < 4.78 is 23.1. The van der Waals surface area contributed by atoms with Gasteiger partial charge in [0.15, 0.2) is 9.84 Å². The number of anilines is 1. The third kappa shape index (κ3) is 5.27. The number of hydrogen-bond donors (Lipinski definition) is 2. The fourth-order valence-corrected chi connectivity index (χ4v) is 3.22. The van der Waals surface area contributed by atoms with Crippen molar-refractivity contribution in [3.63, 3.8) is 0 Å². The second-order valence-corrected chi connectivity index (χ2v) is 8.23. The van der Waals surface area contributed by atoms with Gasteiger partial charge in [-0.1, -0.05) is 17.7 Å². The summed E-state index contributed by atoms with van der Waals surface area (Å²) in [4.78, 5) is 22.6. The van der Waals surface area contributed by atoms with E-state index < -0.39 is 14.8 Å². The lowest BCUT2D eigenvalue weighted by molar-refractivity contribution is -0.384. The van der Waals surface area contributed by atoms with Crippen LogP contribution in [0.3, 0.4) is 0 Å². The molecule has 8 nitrogen and oxygen atoms in total. The van der Waals surface area contributed by atoms with Crippen molar-refractivity contribution in [1.82, 2.24) is 5.32 Å². The van der Waals surface area contributed by atoms with Crippen molar-refractivity contribution in [3.05, 3.63) is 63.2 Å². The molecule has 0 aliphatic rings. The number of carbonyl (C=O) groups excluding carboxylic acids is 1. The maximum Gasteiger partial charge on any atom is 0.293 e. The third-order valence-corrected chi connectivity index (χ3v) is 5.06. The molecular weight excluding hydrogens is 370 g/mol. The van der Waals surface area contributed by atoms with E-state index in [2.05, 4.69) is 10.6 Å². The molecule has 0 spiro atoms. The minimum Gasteiger partial charge on any atom is -0.378 e. The summed E-state index contributed by atoms with van der Waals surface area (Å²) in [5.74, 6) is -0.226. The van der Waals surface area contributed by atoms with Crippen LogP contribution in [0.1, 0.15) is 21.5 Å². The molecule has 0 radical (unpaired) electrons. The molecule has 2 aromatic rings. The number of nitrogens with one attached hydrogen (secondary N) is 2. The summed E-state index contributed by atoms with van der Waals surface area (Å²) in [6.45, 7) is 4.29. The lowest BCUT2D eigenvalue weighted by atomic mass is 10.1. The molecule has 2 aromatic carbocycles. The lowest BCUT2D eigenvalue weighted by Crippen LogP contribution is -2.29. The molecule has 0 heterocycles. The van der Waals surface area contributed by atoms with Crippen LogP contribution in [0.5, 0.6) is 0 Å². The second kappa shape index (κ2) is 8.17. The number of nitro benzene ring substituents is 1. The Morgan fingerprint density at radius 1 is 1.11 bits per heavy atom. The van der Waals surface area contributed by atoms with Crippen LogP contribution in [0, 0.1) is 24.0 Å². The minimum absolute atomic E-state index is 0.122. The molecule has 1 amide bonds. The van der Waals surface area contributed by atoms with E-state index in [1.165, 1.54) is 12.1 Å². The highest BCUT2D eigenvalue weighted by Gasteiger charge is 2.18. The van der Waals surface area contributed by atoms with E-state index in [9.17, 15) is 23.3 Å². The fourth-order valence-electron chi connectivity index (χ4n) is 2.58. The molecule has 27 heavy (non-hydrogen) atoms. The SMILES string of the molecule is Cc1ccc(C(=O)NCCNc2ccc(S(C)(=O)=O)cc2[N+](=O)[O-])c(C)c1. The summed E-state index contributed by atoms with van der Waals surface area (Å²) in [6, 6.07) is 9.19. The van der Waals surface area contributed by atoms with Crippen LogP contribution in [0.15, 0.2) is 41.3 Å². The molecule has 0 saturated heterocycles. The van der Waals surface area contributed by atoms with Crippen molar-refractivity contribution in [2.75, 3.05) is 24.7 Å². The first kappa shape index (κ1) is 20.4. The Morgan fingerprint density at radius 3 is 2.41 bits per heavy atom. The highest BCUT2D eigenvalue weighted by Crippen LogP contribution is 2.27. The molecule has 0 saturated carbocycles. The Labute approximate surface area is 157 Å². The van der Waals surface area contributed by atoms with Gasteiger partial charge in [0, 0.05) is 31.0 Å². The highest BCUT2D eigenvalue weighted by molar-refractivity contribution is 7.90. The highest BCUT2D eigenvalue weighted by atomic mass is 32.2. The number of hydrogen-bond acceptors (Lipinski definition) is 6.